The lowest BCUT2D eigenvalue weighted by Gasteiger charge is -2.28. The molecule has 2 N–H and O–H groups in total. The highest BCUT2D eigenvalue weighted by Gasteiger charge is 2.21. The van der Waals surface area contributed by atoms with E-state index in [1.165, 1.54) is 11.1 Å². The smallest absolute Gasteiger partial charge is 0.216 e. The van der Waals surface area contributed by atoms with Crippen LogP contribution in [0.3, 0.4) is 0 Å². The molecule has 1 atom stereocenters. The molecule has 1 heterocycles. The van der Waals surface area contributed by atoms with Gasteiger partial charge in [-0.15, -0.1) is 0 Å². The van der Waals surface area contributed by atoms with Gasteiger partial charge in [-0.2, -0.15) is 0 Å². The Morgan fingerprint density at radius 3 is 2.90 bits per heavy atom. The minimum atomic E-state index is 0.0352. The molecule has 4 nitrogen and oxygen atoms in total. The molecule has 4 heteroatoms. The minimum absolute atomic E-state index is 0.0352. The van der Waals surface area contributed by atoms with Crippen molar-refractivity contribution in [3.8, 4) is 5.75 Å². The molecule has 1 aliphatic rings. The van der Waals surface area contributed by atoms with E-state index in [4.69, 9.17) is 4.74 Å². The Hall–Kier alpha value is -1.55. The molecule has 1 aromatic rings. The molecule has 0 bridgehead atoms. The van der Waals surface area contributed by atoms with Gasteiger partial charge in [-0.05, 0) is 30.5 Å². The van der Waals surface area contributed by atoms with Crippen LogP contribution in [0.2, 0.25) is 0 Å². The van der Waals surface area contributed by atoms with Gasteiger partial charge in [-0.1, -0.05) is 26.0 Å². The number of hydrogen-bond acceptors (Lipinski definition) is 3. The van der Waals surface area contributed by atoms with Crippen molar-refractivity contribution in [1.29, 1.82) is 0 Å². The van der Waals surface area contributed by atoms with Crippen molar-refractivity contribution >= 4 is 5.91 Å². The van der Waals surface area contributed by atoms with Crippen LogP contribution in [0.15, 0.2) is 18.2 Å². The first-order valence-electron chi connectivity index (χ1n) is 7.82. The van der Waals surface area contributed by atoms with Crippen molar-refractivity contribution < 1.29 is 9.53 Å². The number of amides is 1. The van der Waals surface area contributed by atoms with Crippen LogP contribution in [-0.2, 0) is 4.79 Å². The third kappa shape index (κ3) is 4.46. The lowest BCUT2D eigenvalue weighted by atomic mass is 9.94. The Kier molecular flexibility index (Phi) is 5.62. The van der Waals surface area contributed by atoms with E-state index in [0.29, 0.717) is 12.0 Å². The summed E-state index contributed by atoms with van der Waals surface area (Å²) in [6.45, 7) is 8.36. The monoisotopic (exact) mass is 290 g/mol. The summed E-state index contributed by atoms with van der Waals surface area (Å²) < 4.78 is 5.75. The molecule has 0 radical (unpaired) electrons. The number of fused-ring (bicyclic) bond motifs is 1. The number of rotatable bonds is 6. The second kappa shape index (κ2) is 7.46. The summed E-state index contributed by atoms with van der Waals surface area (Å²) >= 11 is 0. The maximum absolute atomic E-state index is 10.8. The van der Waals surface area contributed by atoms with E-state index < -0.39 is 0 Å². The van der Waals surface area contributed by atoms with Crippen LogP contribution in [0.4, 0.5) is 0 Å². The molecule has 0 saturated heterocycles. The fourth-order valence-corrected chi connectivity index (χ4v) is 2.61. The molecule has 1 aromatic carbocycles. The third-order valence-electron chi connectivity index (χ3n) is 3.86. The Labute approximate surface area is 127 Å². The Balaban J connectivity index is 1.93. The number of ether oxygens (including phenoxy) is 1. The maximum atomic E-state index is 10.8. The van der Waals surface area contributed by atoms with Gasteiger partial charge in [0.05, 0.1) is 6.61 Å². The van der Waals surface area contributed by atoms with Crippen LogP contribution >= 0.6 is 0 Å². The summed E-state index contributed by atoms with van der Waals surface area (Å²) in [5, 5.41) is 6.41. The highest BCUT2D eigenvalue weighted by atomic mass is 16.5. The van der Waals surface area contributed by atoms with Crippen molar-refractivity contribution in [2.45, 2.75) is 45.6 Å². The molecule has 1 aliphatic heterocycles. The zero-order valence-corrected chi connectivity index (χ0v) is 13.2. The van der Waals surface area contributed by atoms with Gasteiger partial charge in [-0.25, -0.2) is 0 Å². The number of carbonyl (C=O) groups is 1. The van der Waals surface area contributed by atoms with E-state index in [2.05, 4.69) is 42.7 Å². The Morgan fingerprint density at radius 2 is 2.19 bits per heavy atom. The average molecular weight is 290 g/mol. The first-order valence-corrected chi connectivity index (χ1v) is 7.82. The second-order valence-electron chi connectivity index (χ2n) is 5.93. The average Bonchev–Trinajstić information content (AvgIpc) is 2.46. The lowest BCUT2D eigenvalue weighted by Crippen LogP contribution is -2.30. The maximum Gasteiger partial charge on any atom is 0.216 e. The summed E-state index contributed by atoms with van der Waals surface area (Å²) in [6, 6.07) is 6.87. The number of hydrogen-bond donors (Lipinski definition) is 2. The molecule has 0 spiro atoms. The highest BCUT2D eigenvalue weighted by Crippen LogP contribution is 2.34. The van der Waals surface area contributed by atoms with Crippen molar-refractivity contribution in [3.63, 3.8) is 0 Å². The quantitative estimate of drug-likeness (QED) is 0.792. The van der Waals surface area contributed by atoms with Gasteiger partial charge in [0.25, 0.3) is 0 Å². The fraction of sp³-hybridized carbons (Fsp3) is 0.588. The number of carbonyl (C=O) groups excluding carboxylic acids is 1. The van der Waals surface area contributed by atoms with Crippen LogP contribution in [-0.4, -0.2) is 25.6 Å². The van der Waals surface area contributed by atoms with E-state index in [0.717, 1.165) is 38.3 Å². The molecular weight excluding hydrogens is 264 g/mol. The predicted molar refractivity (Wildman–Crippen MR) is 84.7 cm³/mol. The van der Waals surface area contributed by atoms with Crippen molar-refractivity contribution in [2.24, 2.45) is 0 Å². The van der Waals surface area contributed by atoms with E-state index in [-0.39, 0.29) is 5.91 Å². The van der Waals surface area contributed by atoms with Crippen LogP contribution in [0.1, 0.15) is 56.7 Å². The van der Waals surface area contributed by atoms with E-state index >= 15 is 0 Å². The van der Waals surface area contributed by atoms with Gasteiger partial charge >= 0.3 is 0 Å². The molecule has 0 aliphatic carbocycles. The summed E-state index contributed by atoms with van der Waals surface area (Å²) in [4.78, 5) is 10.8. The number of benzene rings is 1. The van der Waals surface area contributed by atoms with Crippen LogP contribution in [0.5, 0.6) is 5.75 Å². The largest absolute Gasteiger partial charge is 0.493 e. The fourth-order valence-electron chi connectivity index (χ4n) is 2.61. The van der Waals surface area contributed by atoms with Gasteiger partial charge in [0.1, 0.15) is 5.75 Å². The van der Waals surface area contributed by atoms with Gasteiger partial charge in [-0.3, -0.25) is 4.79 Å². The molecule has 2 rings (SSSR count). The molecule has 0 aromatic heterocycles. The molecule has 1 amide bonds. The predicted octanol–water partition coefficient (Wildman–Crippen LogP) is 2.75. The van der Waals surface area contributed by atoms with Crippen molar-refractivity contribution in [2.75, 3.05) is 19.7 Å². The molecule has 0 fully saturated rings. The van der Waals surface area contributed by atoms with E-state index in [1.54, 1.807) is 6.92 Å². The Morgan fingerprint density at radius 1 is 1.38 bits per heavy atom. The molecule has 1 unspecified atom stereocenters. The minimum Gasteiger partial charge on any atom is -0.493 e. The number of nitrogens with one attached hydrogen (secondary N) is 2. The normalized spacial score (nSPS) is 17.2. The van der Waals surface area contributed by atoms with Gasteiger partial charge in [0.15, 0.2) is 0 Å². The van der Waals surface area contributed by atoms with Crippen LogP contribution in [0, 0.1) is 0 Å². The molecule has 116 valence electrons. The van der Waals surface area contributed by atoms with Crippen LogP contribution in [0.25, 0.3) is 0 Å². The van der Waals surface area contributed by atoms with Crippen molar-refractivity contribution in [3.05, 3.63) is 29.3 Å². The first kappa shape index (κ1) is 15.8. The standard InChI is InChI=1S/C17H26N2O2/c1-12(2)14-5-6-17-15(11-14)16(7-10-21-17)19-9-4-8-18-13(3)20/h5-6,11-12,16,19H,4,7-10H2,1-3H3,(H,18,20). The van der Waals surface area contributed by atoms with Gasteiger partial charge in [0, 0.05) is 31.5 Å². The molecule has 21 heavy (non-hydrogen) atoms. The van der Waals surface area contributed by atoms with E-state index in [1.807, 2.05) is 0 Å². The summed E-state index contributed by atoms with van der Waals surface area (Å²) in [5.41, 5.74) is 2.62. The van der Waals surface area contributed by atoms with E-state index in [9.17, 15) is 4.79 Å². The zero-order chi connectivity index (χ0) is 15.2. The molecular formula is C17H26N2O2. The van der Waals surface area contributed by atoms with Gasteiger partial charge in [0.2, 0.25) is 5.91 Å². The van der Waals surface area contributed by atoms with Gasteiger partial charge < -0.3 is 15.4 Å². The molecule has 0 saturated carbocycles. The third-order valence-corrected chi connectivity index (χ3v) is 3.86. The second-order valence-corrected chi connectivity index (χ2v) is 5.93. The topological polar surface area (TPSA) is 50.4 Å². The zero-order valence-electron chi connectivity index (χ0n) is 13.2. The Bertz CT molecular complexity index is 486. The van der Waals surface area contributed by atoms with Crippen LogP contribution < -0.4 is 15.4 Å². The summed E-state index contributed by atoms with van der Waals surface area (Å²) in [5.74, 6) is 1.57. The first-order chi connectivity index (χ1) is 10.1. The highest BCUT2D eigenvalue weighted by molar-refractivity contribution is 5.72. The van der Waals surface area contributed by atoms with Crippen molar-refractivity contribution in [1.82, 2.24) is 10.6 Å². The SMILES string of the molecule is CC(=O)NCCCNC1CCOc2ccc(C(C)C)cc21. The lowest BCUT2D eigenvalue weighted by molar-refractivity contribution is -0.118. The summed E-state index contributed by atoms with van der Waals surface area (Å²) in [7, 11) is 0. The summed E-state index contributed by atoms with van der Waals surface area (Å²) in [6.07, 6.45) is 1.94.